The van der Waals surface area contributed by atoms with Crippen LogP contribution in [0.2, 0.25) is 5.02 Å². The van der Waals surface area contributed by atoms with Gasteiger partial charge in [-0.3, -0.25) is 9.52 Å². The molecule has 0 atom stereocenters. The second-order valence-corrected chi connectivity index (χ2v) is 7.32. The lowest BCUT2D eigenvalue weighted by Crippen LogP contribution is -2.09. The van der Waals surface area contributed by atoms with Crippen molar-refractivity contribution in [3.63, 3.8) is 0 Å². The molecule has 0 spiro atoms. The molecule has 0 aliphatic carbocycles. The standard InChI is InChI=1S/C17H17ClN2O4S/c1-24-16-9-8-14(11-15(16)18)19-17(21)10-5-12-3-6-13(7-4-12)20-25(2,22)23/h3-11,20H,1-2H3,(H,19,21)/b10-5+. The Kier molecular flexibility index (Phi) is 6.06. The van der Waals surface area contributed by atoms with E-state index in [-0.39, 0.29) is 5.91 Å². The van der Waals surface area contributed by atoms with Crippen LogP contribution in [0.4, 0.5) is 11.4 Å². The summed E-state index contributed by atoms with van der Waals surface area (Å²) in [5, 5.41) is 3.09. The zero-order valence-corrected chi connectivity index (χ0v) is 15.2. The third kappa shape index (κ3) is 6.13. The summed E-state index contributed by atoms with van der Waals surface area (Å²) in [7, 11) is -1.80. The number of ether oxygens (including phenoxy) is 1. The number of carbonyl (C=O) groups excluding carboxylic acids is 1. The first-order chi connectivity index (χ1) is 11.8. The molecule has 8 heteroatoms. The molecular formula is C17H17ClN2O4S. The van der Waals surface area contributed by atoms with E-state index >= 15 is 0 Å². The first-order valence-electron chi connectivity index (χ1n) is 7.17. The fourth-order valence-corrected chi connectivity index (χ4v) is 2.80. The summed E-state index contributed by atoms with van der Waals surface area (Å²) < 4.78 is 29.7. The third-order valence-electron chi connectivity index (χ3n) is 3.06. The molecule has 0 heterocycles. The zero-order valence-electron chi connectivity index (χ0n) is 13.6. The van der Waals surface area contributed by atoms with Gasteiger partial charge in [0.05, 0.1) is 18.4 Å². The number of rotatable bonds is 6. The highest BCUT2D eigenvalue weighted by atomic mass is 35.5. The second-order valence-electron chi connectivity index (χ2n) is 5.17. The number of nitrogens with one attached hydrogen (secondary N) is 2. The van der Waals surface area contributed by atoms with Gasteiger partial charge in [0.15, 0.2) is 0 Å². The van der Waals surface area contributed by atoms with Gasteiger partial charge in [-0.25, -0.2) is 8.42 Å². The van der Waals surface area contributed by atoms with E-state index in [0.717, 1.165) is 11.8 Å². The Bertz CT molecular complexity index is 893. The maximum absolute atomic E-state index is 11.9. The number of hydrogen-bond acceptors (Lipinski definition) is 4. The number of amides is 1. The lowest BCUT2D eigenvalue weighted by Gasteiger charge is -2.06. The largest absolute Gasteiger partial charge is 0.495 e. The fourth-order valence-electron chi connectivity index (χ4n) is 1.98. The summed E-state index contributed by atoms with van der Waals surface area (Å²) >= 11 is 6.00. The van der Waals surface area contributed by atoms with Crippen LogP contribution in [0.15, 0.2) is 48.5 Å². The van der Waals surface area contributed by atoms with Crippen LogP contribution in [0.25, 0.3) is 6.08 Å². The SMILES string of the molecule is COc1ccc(NC(=O)/C=C/c2ccc(NS(C)(=O)=O)cc2)cc1Cl. The second kappa shape index (κ2) is 8.04. The molecule has 0 bridgehead atoms. The van der Waals surface area contributed by atoms with E-state index in [4.69, 9.17) is 16.3 Å². The van der Waals surface area contributed by atoms with E-state index in [1.54, 1.807) is 48.5 Å². The first-order valence-corrected chi connectivity index (χ1v) is 9.44. The Morgan fingerprint density at radius 2 is 1.76 bits per heavy atom. The number of sulfonamides is 1. The van der Waals surface area contributed by atoms with Gasteiger partial charge in [-0.1, -0.05) is 23.7 Å². The molecule has 2 aromatic rings. The van der Waals surface area contributed by atoms with Crippen molar-refractivity contribution in [2.24, 2.45) is 0 Å². The van der Waals surface area contributed by atoms with Gasteiger partial charge in [-0.05, 0) is 42.0 Å². The smallest absolute Gasteiger partial charge is 0.248 e. The Labute approximate surface area is 151 Å². The van der Waals surface area contributed by atoms with E-state index in [1.165, 1.54) is 13.2 Å². The van der Waals surface area contributed by atoms with Crippen LogP contribution >= 0.6 is 11.6 Å². The summed E-state index contributed by atoms with van der Waals surface area (Å²) in [6.07, 6.45) is 4.07. The Morgan fingerprint density at radius 3 is 2.32 bits per heavy atom. The highest BCUT2D eigenvalue weighted by molar-refractivity contribution is 7.92. The summed E-state index contributed by atoms with van der Waals surface area (Å²) in [5.74, 6) is 0.206. The van der Waals surface area contributed by atoms with Gasteiger partial charge in [0, 0.05) is 17.5 Å². The van der Waals surface area contributed by atoms with Gasteiger partial charge in [0.1, 0.15) is 5.75 Å². The highest BCUT2D eigenvalue weighted by Crippen LogP contribution is 2.27. The molecule has 2 aromatic carbocycles. The lowest BCUT2D eigenvalue weighted by molar-refractivity contribution is -0.111. The minimum absolute atomic E-state index is 0.320. The van der Waals surface area contributed by atoms with Crippen molar-refractivity contribution >= 4 is 45.0 Å². The maximum Gasteiger partial charge on any atom is 0.248 e. The van der Waals surface area contributed by atoms with Crippen LogP contribution in [0.1, 0.15) is 5.56 Å². The fraction of sp³-hybridized carbons (Fsp3) is 0.118. The van der Waals surface area contributed by atoms with E-state index < -0.39 is 10.0 Å². The lowest BCUT2D eigenvalue weighted by atomic mass is 10.2. The summed E-state index contributed by atoms with van der Waals surface area (Å²) in [6, 6.07) is 11.6. The van der Waals surface area contributed by atoms with Crippen LogP contribution < -0.4 is 14.8 Å². The maximum atomic E-state index is 11.9. The molecule has 0 fully saturated rings. The van der Waals surface area contributed by atoms with Crippen molar-refractivity contribution < 1.29 is 17.9 Å². The van der Waals surface area contributed by atoms with Crippen LogP contribution in [-0.4, -0.2) is 27.7 Å². The molecule has 0 unspecified atom stereocenters. The number of anilines is 2. The molecule has 0 radical (unpaired) electrons. The Hall–Kier alpha value is -2.51. The molecule has 0 saturated heterocycles. The zero-order chi connectivity index (χ0) is 18.4. The van der Waals surface area contributed by atoms with Crippen molar-refractivity contribution in [3.8, 4) is 5.75 Å². The van der Waals surface area contributed by atoms with Crippen LogP contribution in [0.5, 0.6) is 5.75 Å². The predicted molar refractivity (Wildman–Crippen MR) is 101 cm³/mol. The molecule has 0 aliphatic rings. The minimum atomic E-state index is -3.31. The van der Waals surface area contributed by atoms with Gasteiger partial charge in [0.2, 0.25) is 15.9 Å². The Morgan fingerprint density at radius 1 is 1.12 bits per heavy atom. The first kappa shape index (κ1) is 18.8. The van der Waals surface area contributed by atoms with Gasteiger partial charge < -0.3 is 10.1 Å². The predicted octanol–water partition coefficient (Wildman–Crippen LogP) is 3.37. The number of halogens is 1. The van der Waals surface area contributed by atoms with E-state index in [1.807, 2.05) is 0 Å². The monoisotopic (exact) mass is 380 g/mol. The quantitative estimate of drug-likeness (QED) is 0.752. The topological polar surface area (TPSA) is 84.5 Å². The van der Waals surface area contributed by atoms with Gasteiger partial charge >= 0.3 is 0 Å². The van der Waals surface area contributed by atoms with Crippen molar-refractivity contribution in [1.82, 2.24) is 0 Å². The van der Waals surface area contributed by atoms with Crippen molar-refractivity contribution in [2.45, 2.75) is 0 Å². The molecule has 2 rings (SSSR count). The molecule has 25 heavy (non-hydrogen) atoms. The van der Waals surface area contributed by atoms with E-state index in [2.05, 4.69) is 10.0 Å². The van der Waals surface area contributed by atoms with Crippen LogP contribution in [-0.2, 0) is 14.8 Å². The molecule has 1 amide bonds. The molecule has 132 valence electrons. The number of hydrogen-bond donors (Lipinski definition) is 2. The molecule has 2 N–H and O–H groups in total. The molecule has 0 aromatic heterocycles. The minimum Gasteiger partial charge on any atom is -0.495 e. The highest BCUT2D eigenvalue weighted by Gasteiger charge is 2.04. The number of benzene rings is 2. The van der Waals surface area contributed by atoms with Crippen molar-refractivity contribution in [1.29, 1.82) is 0 Å². The average Bonchev–Trinajstić information content (AvgIpc) is 2.53. The summed E-state index contributed by atoms with van der Waals surface area (Å²) in [4.78, 5) is 11.9. The molecule has 0 aliphatic heterocycles. The van der Waals surface area contributed by atoms with Gasteiger partial charge in [0.25, 0.3) is 0 Å². The van der Waals surface area contributed by atoms with Crippen molar-refractivity contribution in [2.75, 3.05) is 23.4 Å². The van der Waals surface area contributed by atoms with E-state index in [9.17, 15) is 13.2 Å². The van der Waals surface area contributed by atoms with Crippen LogP contribution in [0, 0.1) is 0 Å². The number of carbonyl (C=O) groups is 1. The van der Waals surface area contributed by atoms with E-state index in [0.29, 0.717) is 22.1 Å². The number of methoxy groups -OCH3 is 1. The summed E-state index contributed by atoms with van der Waals surface area (Å²) in [5.41, 5.74) is 1.76. The third-order valence-corrected chi connectivity index (χ3v) is 3.96. The molecule has 0 saturated carbocycles. The van der Waals surface area contributed by atoms with Gasteiger partial charge in [-0.15, -0.1) is 0 Å². The van der Waals surface area contributed by atoms with Crippen molar-refractivity contribution in [3.05, 3.63) is 59.1 Å². The summed E-state index contributed by atoms with van der Waals surface area (Å²) in [6.45, 7) is 0. The average molecular weight is 381 g/mol. The molecular weight excluding hydrogens is 364 g/mol. The van der Waals surface area contributed by atoms with Gasteiger partial charge in [-0.2, -0.15) is 0 Å². The normalized spacial score (nSPS) is 11.3. The Balaban J connectivity index is 1.99. The van der Waals surface area contributed by atoms with Crippen LogP contribution in [0.3, 0.4) is 0 Å². The molecule has 6 nitrogen and oxygen atoms in total.